The summed E-state index contributed by atoms with van der Waals surface area (Å²) in [5, 5.41) is 4.54. The fraction of sp³-hybridized carbons (Fsp3) is 0.429. The number of rotatable bonds is 3. The number of pyridine rings is 1. The summed E-state index contributed by atoms with van der Waals surface area (Å²) in [5.74, 6) is 0.822. The summed E-state index contributed by atoms with van der Waals surface area (Å²) in [6, 6.07) is 5.88. The van der Waals surface area contributed by atoms with E-state index in [1.54, 1.807) is 0 Å². The van der Waals surface area contributed by atoms with Crippen LogP contribution in [0.15, 0.2) is 24.4 Å². The molecule has 1 fully saturated rings. The lowest BCUT2D eigenvalue weighted by Gasteiger charge is -2.03. The van der Waals surface area contributed by atoms with Gasteiger partial charge in [-0.2, -0.15) is 5.10 Å². The molecule has 0 amide bonds. The Balaban J connectivity index is 2.23. The Hall–Kier alpha value is -1.64. The van der Waals surface area contributed by atoms with Crippen molar-refractivity contribution in [1.29, 1.82) is 0 Å². The van der Waals surface area contributed by atoms with Gasteiger partial charge in [0.15, 0.2) is 5.78 Å². The summed E-state index contributed by atoms with van der Waals surface area (Å²) in [6.45, 7) is 4.18. The molecule has 3 nitrogen and oxygen atoms in total. The number of Topliss-reactive ketones (excluding diaryl/α,β-unsaturated/α-hetero) is 1. The van der Waals surface area contributed by atoms with Crippen LogP contribution in [0, 0.1) is 5.92 Å². The van der Waals surface area contributed by atoms with Crippen molar-refractivity contribution < 1.29 is 4.79 Å². The first-order valence-electron chi connectivity index (χ1n) is 6.20. The molecule has 2 aromatic rings. The Labute approximate surface area is 100 Å². The van der Waals surface area contributed by atoms with E-state index in [2.05, 4.69) is 18.9 Å². The molecule has 0 saturated heterocycles. The predicted octanol–water partition coefficient (Wildman–Crippen LogP) is 3.05. The van der Waals surface area contributed by atoms with Crippen LogP contribution in [-0.2, 0) is 0 Å². The van der Waals surface area contributed by atoms with E-state index in [0.717, 1.165) is 29.6 Å². The summed E-state index contributed by atoms with van der Waals surface area (Å²) in [4.78, 5) is 12.4. The predicted molar refractivity (Wildman–Crippen MR) is 66.3 cm³/mol. The molecule has 0 spiro atoms. The van der Waals surface area contributed by atoms with E-state index >= 15 is 0 Å². The highest BCUT2D eigenvalue weighted by molar-refractivity contribution is 6.06. The highest BCUT2D eigenvalue weighted by atomic mass is 16.1. The van der Waals surface area contributed by atoms with E-state index in [1.807, 2.05) is 28.9 Å². The molecule has 3 heteroatoms. The zero-order valence-electron chi connectivity index (χ0n) is 10.2. The van der Waals surface area contributed by atoms with Gasteiger partial charge in [-0.3, -0.25) is 4.79 Å². The van der Waals surface area contributed by atoms with E-state index in [0.29, 0.717) is 0 Å². The SMILES string of the molecule is CC(C)c1nn2ccccc2c1C(=O)C1CC1. The summed E-state index contributed by atoms with van der Waals surface area (Å²) in [6.07, 6.45) is 3.99. The number of nitrogens with zero attached hydrogens (tertiary/aromatic N) is 2. The van der Waals surface area contributed by atoms with Gasteiger partial charge in [0.05, 0.1) is 16.8 Å². The second-order valence-corrected chi connectivity index (χ2v) is 5.08. The van der Waals surface area contributed by atoms with Gasteiger partial charge in [-0.1, -0.05) is 19.9 Å². The van der Waals surface area contributed by atoms with Crippen molar-refractivity contribution in [3.63, 3.8) is 0 Å². The molecule has 0 atom stereocenters. The van der Waals surface area contributed by atoms with Crippen LogP contribution in [0.3, 0.4) is 0 Å². The zero-order chi connectivity index (χ0) is 12.0. The number of carbonyl (C=O) groups is 1. The standard InChI is InChI=1S/C14H16N2O/c1-9(2)13-12(14(17)10-6-7-10)11-5-3-4-8-16(11)15-13/h3-5,8-10H,6-7H2,1-2H3. The molecule has 0 radical (unpaired) electrons. The van der Waals surface area contributed by atoms with Gasteiger partial charge in [-0.05, 0) is 30.9 Å². The molecule has 1 saturated carbocycles. The van der Waals surface area contributed by atoms with Crippen LogP contribution >= 0.6 is 0 Å². The highest BCUT2D eigenvalue weighted by Crippen LogP contribution is 2.36. The van der Waals surface area contributed by atoms with Crippen molar-refractivity contribution in [3.8, 4) is 0 Å². The molecule has 1 aliphatic rings. The average molecular weight is 228 g/mol. The molecule has 0 aromatic carbocycles. The number of hydrogen-bond acceptors (Lipinski definition) is 2. The Bertz CT molecular complexity index is 579. The van der Waals surface area contributed by atoms with Crippen molar-refractivity contribution in [2.24, 2.45) is 5.92 Å². The smallest absolute Gasteiger partial charge is 0.170 e. The number of fused-ring (bicyclic) bond motifs is 1. The fourth-order valence-corrected chi connectivity index (χ4v) is 2.22. The number of hydrogen-bond donors (Lipinski definition) is 0. The van der Waals surface area contributed by atoms with Gasteiger partial charge in [0.2, 0.25) is 0 Å². The fourth-order valence-electron chi connectivity index (χ4n) is 2.22. The quantitative estimate of drug-likeness (QED) is 0.757. The van der Waals surface area contributed by atoms with Crippen molar-refractivity contribution in [2.75, 3.05) is 0 Å². The number of carbonyl (C=O) groups excluding carboxylic acids is 1. The van der Waals surface area contributed by atoms with Crippen LogP contribution in [0.2, 0.25) is 0 Å². The lowest BCUT2D eigenvalue weighted by molar-refractivity contribution is 0.0968. The summed E-state index contributed by atoms with van der Waals surface area (Å²) in [5.41, 5.74) is 2.74. The van der Waals surface area contributed by atoms with Crippen LogP contribution in [0.5, 0.6) is 0 Å². The highest BCUT2D eigenvalue weighted by Gasteiger charge is 2.34. The van der Waals surface area contributed by atoms with Crippen molar-refractivity contribution in [1.82, 2.24) is 9.61 Å². The summed E-state index contributed by atoms with van der Waals surface area (Å²) in [7, 11) is 0. The first kappa shape index (κ1) is 10.5. The number of aromatic nitrogens is 2. The minimum atomic E-state index is 0.251. The third-order valence-corrected chi connectivity index (χ3v) is 3.31. The molecule has 0 bridgehead atoms. The van der Waals surface area contributed by atoms with Gasteiger partial charge >= 0.3 is 0 Å². The van der Waals surface area contributed by atoms with Gasteiger partial charge in [0.25, 0.3) is 0 Å². The molecule has 0 N–H and O–H groups in total. The van der Waals surface area contributed by atoms with Crippen LogP contribution in [-0.4, -0.2) is 15.4 Å². The van der Waals surface area contributed by atoms with Crippen molar-refractivity contribution in [3.05, 3.63) is 35.7 Å². The molecule has 2 aromatic heterocycles. The Morgan fingerprint density at radius 3 is 2.82 bits per heavy atom. The molecular weight excluding hydrogens is 212 g/mol. The van der Waals surface area contributed by atoms with Gasteiger partial charge in [-0.15, -0.1) is 0 Å². The van der Waals surface area contributed by atoms with Crippen molar-refractivity contribution >= 4 is 11.3 Å². The van der Waals surface area contributed by atoms with Gasteiger partial charge in [-0.25, -0.2) is 4.52 Å². The second-order valence-electron chi connectivity index (χ2n) is 5.08. The van der Waals surface area contributed by atoms with Crippen LogP contribution in [0.4, 0.5) is 0 Å². The molecule has 2 heterocycles. The maximum atomic E-state index is 12.4. The summed E-state index contributed by atoms with van der Waals surface area (Å²) >= 11 is 0. The minimum Gasteiger partial charge on any atom is -0.294 e. The molecule has 1 aliphatic carbocycles. The minimum absolute atomic E-state index is 0.251. The molecule has 0 unspecified atom stereocenters. The molecule has 0 aliphatic heterocycles. The van der Waals surface area contributed by atoms with Crippen LogP contribution < -0.4 is 0 Å². The van der Waals surface area contributed by atoms with E-state index in [4.69, 9.17) is 0 Å². The van der Waals surface area contributed by atoms with E-state index in [9.17, 15) is 4.79 Å². The molecular formula is C14H16N2O. The summed E-state index contributed by atoms with van der Waals surface area (Å²) < 4.78 is 1.82. The van der Waals surface area contributed by atoms with E-state index in [1.165, 1.54) is 0 Å². The zero-order valence-corrected chi connectivity index (χ0v) is 10.2. The maximum Gasteiger partial charge on any atom is 0.170 e. The van der Waals surface area contributed by atoms with Crippen LogP contribution in [0.1, 0.15) is 48.7 Å². The first-order chi connectivity index (χ1) is 8.18. The average Bonchev–Trinajstić information content (AvgIpc) is 3.08. The molecule has 88 valence electrons. The van der Waals surface area contributed by atoms with Gasteiger partial charge < -0.3 is 0 Å². The largest absolute Gasteiger partial charge is 0.294 e. The van der Waals surface area contributed by atoms with Crippen LogP contribution in [0.25, 0.3) is 5.52 Å². The van der Waals surface area contributed by atoms with Gasteiger partial charge in [0.1, 0.15) is 0 Å². The Kier molecular flexibility index (Phi) is 2.28. The second kappa shape index (κ2) is 3.69. The maximum absolute atomic E-state index is 12.4. The van der Waals surface area contributed by atoms with E-state index in [-0.39, 0.29) is 17.6 Å². The number of ketones is 1. The molecule has 3 rings (SSSR count). The Morgan fingerprint density at radius 1 is 1.41 bits per heavy atom. The topological polar surface area (TPSA) is 34.4 Å². The molecule has 17 heavy (non-hydrogen) atoms. The lowest BCUT2D eigenvalue weighted by atomic mass is 9.99. The third-order valence-electron chi connectivity index (χ3n) is 3.31. The van der Waals surface area contributed by atoms with Crippen molar-refractivity contribution in [2.45, 2.75) is 32.6 Å². The normalized spacial score (nSPS) is 15.7. The van der Waals surface area contributed by atoms with E-state index < -0.39 is 0 Å². The Morgan fingerprint density at radius 2 is 2.18 bits per heavy atom. The van der Waals surface area contributed by atoms with Gasteiger partial charge in [0, 0.05) is 12.1 Å². The lowest BCUT2D eigenvalue weighted by Crippen LogP contribution is -2.05. The first-order valence-corrected chi connectivity index (χ1v) is 6.20. The monoisotopic (exact) mass is 228 g/mol. The third kappa shape index (κ3) is 1.66.